The number of carbonyl (C=O) groups excluding carboxylic acids is 1. The van der Waals surface area contributed by atoms with E-state index in [-0.39, 0.29) is 30.1 Å². The Balaban J connectivity index is 2.42. The normalized spacial score (nSPS) is 18.7. The van der Waals surface area contributed by atoms with Gasteiger partial charge in [-0.2, -0.15) is 0 Å². The summed E-state index contributed by atoms with van der Waals surface area (Å²) in [5, 5.41) is 18.1. The van der Waals surface area contributed by atoms with E-state index in [0.29, 0.717) is 0 Å². The minimum atomic E-state index is -1.14. The minimum absolute atomic E-state index is 0.00462. The Hall–Kier alpha value is -2.37. The Bertz CT molecular complexity index is 566. The van der Waals surface area contributed by atoms with Crippen molar-refractivity contribution < 1.29 is 24.6 Å². The summed E-state index contributed by atoms with van der Waals surface area (Å²) in [4.78, 5) is 35.2. The van der Waals surface area contributed by atoms with Crippen molar-refractivity contribution in [1.29, 1.82) is 0 Å². The molecule has 100 valence electrons. The number of carbonyl (C=O) groups is 3. The van der Waals surface area contributed by atoms with Gasteiger partial charge in [0.25, 0.3) is 0 Å². The Morgan fingerprint density at radius 3 is 2.53 bits per heavy atom. The molecule has 2 rings (SSSR count). The fourth-order valence-electron chi connectivity index (χ4n) is 2.15. The predicted molar refractivity (Wildman–Crippen MR) is 66.2 cm³/mol. The number of nitrogens with zero attached hydrogens (tertiary/aromatic N) is 1. The Labute approximate surface area is 109 Å². The maximum atomic E-state index is 11.8. The lowest BCUT2D eigenvalue weighted by atomic mass is 10.1. The summed E-state index contributed by atoms with van der Waals surface area (Å²) in [7, 11) is 0. The van der Waals surface area contributed by atoms with Crippen LogP contribution in [0.3, 0.4) is 0 Å². The van der Waals surface area contributed by atoms with E-state index in [1.807, 2.05) is 0 Å². The molecule has 0 bridgehead atoms. The van der Waals surface area contributed by atoms with Crippen molar-refractivity contribution in [3.63, 3.8) is 0 Å². The standard InChI is InChI=1S/C13H13NO5/c1-7-2-3-9(13(18)19)10(4-7)14-6-8(12(16)17)5-11(14)15/h2-4,8H,5-6H2,1H3,(H,16,17)(H,18,19). The van der Waals surface area contributed by atoms with E-state index < -0.39 is 17.9 Å². The van der Waals surface area contributed by atoms with Crippen LogP contribution in [0.5, 0.6) is 0 Å². The molecule has 0 saturated carbocycles. The first kappa shape index (κ1) is 13.1. The monoisotopic (exact) mass is 263 g/mol. The molecule has 6 heteroatoms. The Morgan fingerprint density at radius 2 is 2.00 bits per heavy atom. The third-order valence-electron chi connectivity index (χ3n) is 3.15. The number of aromatic carboxylic acids is 1. The van der Waals surface area contributed by atoms with Crippen LogP contribution in [0.15, 0.2) is 18.2 Å². The summed E-state index contributed by atoms with van der Waals surface area (Å²) in [5.74, 6) is -3.32. The van der Waals surface area contributed by atoms with E-state index in [1.54, 1.807) is 19.1 Å². The fourth-order valence-corrected chi connectivity index (χ4v) is 2.15. The van der Waals surface area contributed by atoms with Gasteiger partial charge in [0.1, 0.15) is 0 Å². The van der Waals surface area contributed by atoms with Gasteiger partial charge in [0, 0.05) is 13.0 Å². The van der Waals surface area contributed by atoms with E-state index >= 15 is 0 Å². The van der Waals surface area contributed by atoms with Crippen molar-refractivity contribution in [2.45, 2.75) is 13.3 Å². The smallest absolute Gasteiger partial charge is 0.337 e. The number of aryl methyl sites for hydroxylation is 1. The first-order valence-electron chi connectivity index (χ1n) is 5.77. The third kappa shape index (κ3) is 2.42. The van der Waals surface area contributed by atoms with Crippen LogP contribution in [-0.2, 0) is 9.59 Å². The van der Waals surface area contributed by atoms with Gasteiger partial charge < -0.3 is 15.1 Å². The van der Waals surface area contributed by atoms with Crippen molar-refractivity contribution in [2.24, 2.45) is 5.92 Å². The Morgan fingerprint density at radius 1 is 1.32 bits per heavy atom. The van der Waals surface area contributed by atoms with Crippen LogP contribution >= 0.6 is 0 Å². The highest BCUT2D eigenvalue weighted by Gasteiger charge is 2.36. The highest BCUT2D eigenvalue weighted by atomic mass is 16.4. The van der Waals surface area contributed by atoms with E-state index in [9.17, 15) is 14.4 Å². The van der Waals surface area contributed by atoms with Crippen molar-refractivity contribution in [2.75, 3.05) is 11.4 Å². The van der Waals surface area contributed by atoms with E-state index in [1.165, 1.54) is 11.0 Å². The van der Waals surface area contributed by atoms with Crippen LogP contribution in [-0.4, -0.2) is 34.6 Å². The van der Waals surface area contributed by atoms with Crippen molar-refractivity contribution >= 4 is 23.5 Å². The number of hydrogen-bond acceptors (Lipinski definition) is 3. The van der Waals surface area contributed by atoms with Crippen molar-refractivity contribution in [3.05, 3.63) is 29.3 Å². The molecule has 0 spiro atoms. The van der Waals surface area contributed by atoms with Crippen LogP contribution in [0.1, 0.15) is 22.3 Å². The molecular weight excluding hydrogens is 250 g/mol. The molecule has 1 fully saturated rings. The van der Waals surface area contributed by atoms with Gasteiger partial charge in [-0.3, -0.25) is 9.59 Å². The fraction of sp³-hybridized carbons (Fsp3) is 0.308. The highest BCUT2D eigenvalue weighted by molar-refractivity contribution is 6.04. The van der Waals surface area contributed by atoms with Gasteiger partial charge in [-0.25, -0.2) is 4.79 Å². The average molecular weight is 263 g/mol. The molecule has 1 atom stereocenters. The molecule has 1 aliphatic heterocycles. The molecule has 1 amide bonds. The number of amides is 1. The number of rotatable bonds is 3. The minimum Gasteiger partial charge on any atom is -0.481 e. The summed E-state index contributed by atoms with van der Waals surface area (Å²) in [6.45, 7) is 1.79. The molecule has 19 heavy (non-hydrogen) atoms. The Kier molecular flexibility index (Phi) is 3.25. The van der Waals surface area contributed by atoms with Gasteiger partial charge in [-0.05, 0) is 24.6 Å². The van der Waals surface area contributed by atoms with E-state index in [2.05, 4.69) is 0 Å². The maximum absolute atomic E-state index is 11.8. The number of benzene rings is 1. The number of anilines is 1. The van der Waals surface area contributed by atoms with Crippen LogP contribution in [0.2, 0.25) is 0 Å². The molecule has 1 saturated heterocycles. The molecule has 1 heterocycles. The summed E-state index contributed by atoms with van der Waals surface area (Å²) in [6, 6.07) is 4.65. The molecule has 2 N–H and O–H groups in total. The van der Waals surface area contributed by atoms with Gasteiger partial charge in [-0.15, -0.1) is 0 Å². The molecule has 1 aromatic carbocycles. The largest absolute Gasteiger partial charge is 0.481 e. The quantitative estimate of drug-likeness (QED) is 0.852. The molecule has 1 aliphatic rings. The van der Waals surface area contributed by atoms with Crippen molar-refractivity contribution in [1.82, 2.24) is 0 Å². The lowest BCUT2D eigenvalue weighted by molar-refractivity contribution is -0.141. The predicted octanol–water partition coefficient (Wildman–Crippen LogP) is 1.13. The summed E-state index contributed by atoms with van der Waals surface area (Å²) in [5.41, 5.74) is 1.08. The van der Waals surface area contributed by atoms with Crippen LogP contribution in [0.4, 0.5) is 5.69 Å². The first-order valence-corrected chi connectivity index (χ1v) is 5.77. The van der Waals surface area contributed by atoms with Gasteiger partial charge in [0.15, 0.2) is 0 Å². The molecule has 1 aromatic rings. The second kappa shape index (κ2) is 4.72. The van der Waals surface area contributed by atoms with Gasteiger partial charge in [0.05, 0.1) is 17.2 Å². The first-order chi connectivity index (χ1) is 8.90. The molecule has 0 aromatic heterocycles. The number of hydrogen-bond donors (Lipinski definition) is 2. The van der Waals surface area contributed by atoms with Crippen LogP contribution < -0.4 is 4.90 Å². The summed E-state index contributed by atoms with van der Waals surface area (Å²) < 4.78 is 0. The third-order valence-corrected chi connectivity index (χ3v) is 3.15. The molecule has 0 radical (unpaired) electrons. The highest BCUT2D eigenvalue weighted by Crippen LogP contribution is 2.29. The average Bonchev–Trinajstić information content (AvgIpc) is 2.71. The zero-order valence-electron chi connectivity index (χ0n) is 10.3. The lowest BCUT2D eigenvalue weighted by Crippen LogP contribution is -2.27. The number of carboxylic acids is 2. The van der Waals surface area contributed by atoms with Gasteiger partial charge in [0.2, 0.25) is 5.91 Å². The summed E-state index contributed by atoms with van der Waals surface area (Å²) >= 11 is 0. The lowest BCUT2D eigenvalue weighted by Gasteiger charge is -2.19. The zero-order valence-corrected chi connectivity index (χ0v) is 10.3. The SMILES string of the molecule is Cc1ccc(C(=O)O)c(N2CC(C(=O)O)CC2=O)c1. The van der Waals surface area contributed by atoms with Crippen LogP contribution in [0.25, 0.3) is 0 Å². The second-order valence-corrected chi connectivity index (χ2v) is 4.57. The number of aliphatic carboxylic acids is 1. The topological polar surface area (TPSA) is 94.9 Å². The number of carboxylic acid groups (broad SMARTS) is 2. The maximum Gasteiger partial charge on any atom is 0.337 e. The van der Waals surface area contributed by atoms with Gasteiger partial charge in [-0.1, -0.05) is 6.07 Å². The molecule has 6 nitrogen and oxygen atoms in total. The molecule has 0 aliphatic carbocycles. The van der Waals surface area contributed by atoms with Crippen molar-refractivity contribution in [3.8, 4) is 0 Å². The molecular formula is C13H13NO5. The zero-order chi connectivity index (χ0) is 14.2. The summed E-state index contributed by atoms with van der Waals surface area (Å²) in [6.07, 6.45) is -0.0949. The van der Waals surface area contributed by atoms with Gasteiger partial charge >= 0.3 is 11.9 Å². The molecule has 1 unspecified atom stereocenters. The van der Waals surface area contributed by atoms with E-state index in [0.717, 1.165) is 5.56 Å². The second-order valence-electron chi connectivity index (χ2n) is 4.57. The van der Waals surface area contributed by atoms with Crippen LogP contribution in [0, 0.1) is 12.8 Å². The van der Waals surface area contributed by atoms with E-state index in [4.69, 9.17) is 10.2 Å².